The summed E-state index contributed by atoms with van der Waals surface area (Å²) in [6.45, 7) is 7.50. The first-order chi connectivity index (χ1) is 7.30. The zero-order valence-electron chi connectivity index (χ0n) is 10.2. The minimum Gasteiger partial charge on any atom is -0.298 e. The molecular weight excluding hydrogens is 220 g/mol. The average Bonchev–Trinajstić information content (AvgIpc) is 2.16. The van der Waals surface area contributed by atoms with Crippen molar-refractivity contribution < 1.29 is 9.00 Å². The van der Waals surface area contributed by atoms with Crippen molar-refractivity contribution in [2.24, 2.45) is 5.41 Å². The molecule has 0 fully saturated rings. The number of ketones is 1. The van der Waals surface area contributed by atoms with Crippen LogP contribution in [0.3, 0.4) is 0 Å². The van der Waals surface area contributed by atoms with Gasteiger partial charge in [0.25, 0.3) is 0 Å². The summed E-state index contributed by atoms with van der Waals surface area (Å²) in [5.41, 5.74) is 0.647. The molecule has 0 radical (unpaired) electrons. The summed E-state index contributed by atoms with van der Waals surface area (Å²) in [6, 6.07) is 7.49. The fourth-order valence-electron chi connectivity index (χ4n) is 1.18. The molecule has 0 N–H and O–H groups in total. The lowest BCUT2D eigenvalue weighted by Gasteiger charge is -2.15. The Morgan fingerprint density at radius 3 is 2.44 bits per heavy atom. The van der Waals surface area contributed by atoms with E-state index in [1.807, 2.05) is 45.9 Å². The van der Waals surface area contributed by atoms with Crippen molar-refractivity contribution in [1.29, 1.82) is 0 Å². The molecule has 0 saturated heterocycles. The first kappa shape index (κ1) is 13.1. The lowest BCUT2D eigenvalue weighted by atomic mass is 9.92. The second-order valence-corrected chi connectivity index (χ2v) is 6.43. The highest BCUT2D eigenvalue weighted by Gasteiger charge is 2.23. The lowest BCUT2D eigenvalue weighted by molar-refractivity contribution is -0.123. The fourth-order valence-corrected chi connectivity index (χ4v) is 2.56. The Morgan fingerprint density at radius 2 is 1.94 bits per heavy atom. The van der Waals surface area contributed by atoms with Crippen LogP contribution in [-0.2, 0) is 15.6 Å². The number of benzene rings is 1. The van der Waals surface area contributed by atoms with Gasteiger partial charge in [-0.3, -0.25) is 9.00 Å². The molecule has 1 aromatic rings. The van der Waals surface area contributed by atoms with Crippen LogP contribution in [-0.4, -0.2) is 15.7 Å². The Labute approximate surface area is 99.5 Å². The lowest BCUT2D eigenvalue weighted by Crippen LogP contribution is -2.25. The minimum absolute atomic E-state index is 0.0346. The third-order valence-electron chi connectivity index (χ3n) is 2.35. The summed E-state index contributed by atoms with van der Waals surface area (Å²) in [5, 5.41) is 0. The van der Waals surface area contributed by atoms with Gasteiger partial charge in [-0.2, -0.15) is 0 Å². The molecule has 0 aliphatic rings. The van der Waals surface area contributed by atoms with Crippen molar-refractivity contribution in [3.63, 3.8) is 0 Å². The summed E-state index contributed by atoms with van der Waals surface area (Å²) in [7, 11) is -1.22. The van der Waals surface area contributed by atoms with Gasteiger partial charge >= 0.3 is 0 Å². The van der Waals surface area contributed by atoms with Crippen LogP contribution in [0.25, 0.3) is 0 Å². The summed E-state index contributed by atoms with van der Waals surface area (Å²) in [6.07, 6.45) is 0. The van der Waals surface area contributed by atoms with Crippen LogP contribution in [0.15, 0.2) is 29.2 Å². The standard InChI is InChI=1S/C13H18O2S/c1-10-6-5-7-11(8-10)16(15)9-12(14)13(2,3)4/h5-8H,9H2,1-4H3. The fraction of sp³-hybridized carbons (Fsp3) is 0.462. The van der Waals surface area contributed by atoms with Crippen LogP contribution >= 0.6 is 0 Å². The SMILES string of the molecule is Cc1cccc(S(=O)CC(=O)C(C)(C)C)c1. The number of hydrogen-bond donors (Lipinski definition) is 0. The molecule has 1 aromatic carbocycles. The molecular formula is C13H18O2S. The van der Waals surface area contributed by atoms with Gasteiger partial charge in [-0.1, -0.05) is 32.9 Å². The molecule has 0 saturated carbocycles. The van der Waals surface area contributed by atoms with Crippen LogP contribution in [0.5, 0.6) is 0 Å². The molecule has 2 nitrogen and oxygen atoms in total. The minimum atomic E-state index is -1.22. The van der Waals surface area contributed by atoms with Crippen molar-refractivity contribution in [2.45, 2.75) is 32.6 Å². The molecule has 0 bridgehead atoms. The number of rotatable bonds is 3. The van der Waals surface area contributed by atoms with E-state index in [4.69, 9.17) is 0 Å². The van der Waals surface area contributed by atoms with Crippen molar-refractivity contribution in [2.75, 3.05) is 5.75 Å². The number of carbonyl (C=O) groups excluding carboxylic acids is 1. The van der Waals surface area contributed by atoms with Gasteiger partial charge in [-0.25, -0.2) is 0 Å². The third-order valence-corrected chi connectivity index (χ3v) is 3.66. The maximum atomic E-state index is 11.9. The van der Waals surface area contributed by atoms with E-state index in [0.717, 1.165) is 10.5 Å². The van der Waals surface area contributed by atoms with Gasteiger partial charge in [-0.15, -0.1) is 0 Å². The second-order valence-electron chi connectivity index (χ2n) is 4.98. The van der Waals surface area contributed by atoms with E-state index in [0.29, 0.717) is 0 Å². The van der Waals surface area contributed by atoms with Gasteiger partial charge in [0.05, 0.1) is 16.6 Å². The summed E-state index contributed by atoms with van der Waals surface area (Å²) < 4.78 is 11.9. The molecule has 1 unspecified atom stereocenters. The average molecular weight is 238 g/mol. The zero-order chi connectivity index (χ0) is 12.3. The maximum Gasteiger partial charge on any atom is 0.151 e. The van der Waals surface area contributed by atoms with Crippen LogP contribution < -0.4 is 0 Å². The van der Waals surface area contributed by atoms with Crippen LogP contribution in [0, 0.1) is 12.3 Å². The predicted molar refractivity (Wildman–Crippen MR) is 66.9 cm³/mol. The van der Waals surface area contributed by atoms with E-state index in [-0.39, 0.29) is 11.5 Å². The molecule has 88 valence electrons. The van der Waals surface area contributed by atoms with Crippen molar-refractivity contribution in [1.82, 2.24) is 0 Å². The van der Waals surface area contributed by atoms with Gasteiger partial charge < -0.3 is 0 Å². The molecule has 0 spiro atoms. The first-order valence-corrected chi connectivity index (χ1v) is 6.61. The van der Waals surface area contributed by atoms with E-state index < -0.39 is 16.2 Å². The molecule has 1 atom stereocenters. The van der Waals surface area contributed by atoms with Gasteiger partial charge in [-0.05, 0) is 24.6 Å². The van der Waals surface area contributed by atoms with E-state index in [2.05, 4.69) is 0 Å². The molecule has 3 heteroatoms. The number of Topliss-reactive ketones (excluding diaryl/α,β-unsaturated/α-hetero) is 1. The Balaban J connectivity index is 2.78. The van der Waals surface area contributed by atoms with Gasteiger partial charge in [0, 0.05) is 10.3 Å². The molecule has 0 aliphatic carbocycles. The smallest absolute Gasteiger partial charge is 0.151 e. The van der Waals surface area contributed by atoms with E-state index >= 15 is 0 Å². The molecule has 0 amide bonds. The quantitative estimate of drug-likeness (QED) is 0.811. The molecule has 0 aromatic heterocycles. The topological polar surface area (TPSA) is 34.1 Å². The number of carbonyl (C=O) groups is 1. The van der Waals surface area contributed by atoms with Crippen LogP contribution in [0.2, 0.25) is 0 Å². The number of aryl methyl sites for hydroxylation is 1. The number of hydrogen-bond acceptors (Lipinski definition) is 2. The summed E-state index contributed by atoms with van der Waals surface area (Å²) >= 11 is 0. The first-order valence-electron chi connectivity index (χ1n) is 5.29. The van der Waals surface area contributed by atoms with E-state index in [9.17, 15) is 9.00 Å². The van der Waals surface area contributed by atoms with Crippen LogP contribution in [0.4, 0.5) is 0 Å². The Bertz CT molecular complexity index is 416. The van der Waals surface area contributed by atoms with Crippen LogP contribution in [0.1, 0.15) is 26.3 Å². The Morgan fingerprint density at radius 1 is 1.31 bits per heavy atom. The summed E-state index contributed by atoms with van der Waals surface area (Å²) in [4.78, 5) is 12.5. The highest BCUT2D eigenvalue weighted by molar-refractivity contribution is 7.85. The second kappa shape index (κ2) is 4.91. The zero-order valence-corrected chi connectivity index (χ0v) is 11.1. The molecule has 0 aliphatic heterocycles. The van der Waals surface area contributed by atoms with E-state index in [1.54, 1.807) is 6.07 Å². The highest BCUT2D eigenvalue weighted by Crippen LogP contribution is 2.17. The molecule has 1 rings (SSSR count). The highest BCUT2D eigenvalue weighted by atomic mass is 32.2. The van der Waals surface area contributed by atoms with Crippen molar-refractivity contribution >= 4 is 16.6 Å². The molecule has 16 heavy (non-hydrogen) atoms. The normalized spacial score (nSPS) is 13.5. The Hall–Kier alpha value is -0.960. The molecule has 0 heterocycles. The van der Waals surface area contributed by atoms with Crippen molar-refractivity contribution in [3.8, 4) is 0 Å². The van der Waals surface area contributed by atoms with Gasteiger partial charge in [0.2, 0.25) is 0 Å². The van der Waals surface area contributed by atoms with Gasteiger partial charge in [0.15, 0.2) is 5.78 Å². The van der Waals surface area contributed by atoms with E-state index in [1.165, 1.54) is 0 Å². The third kappa shape index (κ3) is 3.56. The Kier molecular flexibility index (Phi) is 4.03. The van der Waals surface area contributed by atoms with Gasteiger partial charge in [0.1, 0.15) is 0 Å². The predicted octanol–water partition coefficient (Wildman–Crippen LogP) is 2.72. The van der Waals surface area contributed by atoms with Crippen molar-refractivity contribution in [3.05, 3.63) is 29.8 Å². The largest absolute Gasteiger partial charge is 0.298 e. The monoisotopic (exact) mass is 238 g/mol. The summed E-state index contributed by atoms with van der Waals surface area (Å²) in [5.74, 6) is 0.139. The maximum absolute atomic E-state index is 11.9.